The number of anilines is 1. The van der Waals surface area contributed by atoms with E-state index >= 15 is 0 Å². The molecule has 1 aliphatic carbocycles. The second kappa shape index (κ2) is 4.57. The highest BCUT2D eigenvalue weighted by atomic mass is 35.5. The molecule has 1 aromatic rings. The summed E-state index contributed by atoms with van der Waals surface area (Å²) in [6.07, 6.45) is -11.3. The van der Waals surface area contributed by atoms with Crippen LogP contribution in [0.3, 0.4) is 0 Å². The van der Waals surface area contributed by atoms with Gasteiger partial charge in [0.05, 0.1) is 5.69 Å². The summed E-state index contributed by atoms with van der Waals surface area (Å²) in [7, 11) is 0. The van der Waals surface area contributed by atoms with E-state index in [0.717, 1.165) is 12.1 Å². The summed E-state index contributed by atoms with van der Waals surface area (Å²) in [5.41, 5.74) is -4.12. The van der Waals surface area contributed by atoms with Crippen molar-refractivity contribution < 1.29 is 28.2 Å². The SMILES string of the molecule is [2H]C1([2H])C(C#C[C@]2(C(F)(F)F)OC(=O)N[13c]3[13cH][13cH][13c](Cl)[13cH][13c]32)C1([2H])[2H]. The minimum absolute atomic E-state index is 0.0500. The molecule has 1 aliphatic heterocycles. The molecule has 7 heteroatoms. The number of carbonyl (C=O) groups excluding carboxylic acids is 1. The standard InChI is InChI=1S/C14H9ClF3NO2/c15-9-3-4-11-10(7-9)13(14(16,17)18,21-12(20)19-11)6-5-8-1-2-8/h3-4,7-8H,1-2H2,(H,19,20)/t13-/m0/s1/i1D2,2D2,3+1,4+1,7+1,9+1,10+1,11+1. The summed E-state index contributed by atoms with van der Waals surface area (Å²) >= 11 is 5.75. The van der Waals surface area contributed by atoms with Crippen molar-refractivity contribution in [2.75, 3.05) is 5.32 Å². The Hall–Kier alpha value is -1.87. The smallest absolute Gasteiger partial charge is 0.415 e. The van der Waals surface area contributed by atoms with Crippen LogP contribution in [0.5, 0.6) is 0 Å². The van der Waals surface area contributed by atoms with Crippen molar-refractivity contribution >= 4 is 23.4 Å². The molecule has 0 spiro atoms. The van der Waals surface area contributed by atoms with Gasteiger partial charge < -0.3 is 4.74 Å². The summed E-state index contributed by atoms with van der Waals surface area (Å²) < 4.78 is 75.6. The molecule has 0 radical (unpaired) electrons. The molecule has 0 bridgehead atoms. The van der Waals surface area contributed by atoms with Gasteiger partial charge in [0.15, 0.2) is 0 Å². The van der Waals surface area contributed by atoms with Gasteiger partial charge in [0, 0.05) is 22.0 Å². The Labute approximate surface area is 129 Å². The van der Waals surface area contributed by atoms with E-state index in [-0.39, 0.29) is 10.7 Å². The second-order valence-electron chi connectivity index (χ2n) is 4.37. The highest BCUT2D eigenvalue weighted by Gasteiger charge is 2.62. The number of benzene rings is 1. The average molecular weight is 326 g/mol. The van der Waals surface area contributed by atoms with Gasteiger partial charge in [0.1, 0.15) is 0 Å². The third kappa shape index (κ3) is 2.42. The molecule has 0 aromatic heterocycles. The lowest BCUT2D eigenvalue weighted by Gasteiger charge is -2.35. The van der Waals surface area contributed by atoms with Crippen LogP contribution >= 0.6 is 11.6 Å². The number of carbonyl (C=O) groups is 1. The number of cyclic esters (lactones) is 1. The molecule has 0 saturated heterocycles. The highest BCUT2D eigenvalue weighted by molar-refractivity contribution is 6.30. The van der Waals surface area contributed by atoms with Crippen LogP contribution in [0, 0.1) is 17.8 Å². The van der Waals surface area contributed by atoms with E-state index in [2.05, 4.69) is 10.1 Å². The molecule has 1 atom stereocenters. The van der Waals surface area contributed by atoms with Crippen molar-refractivity contribution in [1.82, 2.24) is 0 Å². The number of alkyl halides is 3. The Morgan fingerprint density at radius 3 is 2.81 bits per heavy atom. The quantitative estimate of drug-likeness (QED) is 0.730. The summed E-state index contributed by atoms with van der Waals surface area (Å²) in [6, 6.07) is 3.38. The van der Waals surface area contributed by atoms with Gasteiger partial charge in [-0.25, -0.2) is 4.79 Å². The van der Waals surface area contributed by atoms with E-state index in [1.54, 1.807) is 5.92 Å². The molecule has 1 amide bonds. The molecular formula is C14H9ClF3NO2. The summed E-state index contributed by atoms with van der Waals surface area (Å²) in [5.74, 6) is 2.16. The molecule has 1 fully saturated rings. The van der Waals surface area contributed by atoms with Gasteiger partial charge in [-0.2, -0.15) is 13.2 Å². The fourth-order valence-electron chi connectivity index (χ4n) is 1.91. The molecule has 1 saturated carbocycles. The van der Waals surface area contributed by atoms with E-state index in [1.165, 1.54) is 6.07 Å². The van der Waals surface area contributed by atoms with Crippen LogP contribution in [0.1, 0.15) is 23.8 Å². The third-order valence-corrected chi connectivity index (χ3v) is 3.16. The molecule has 3 rings (SSSR count). The lowest BCUT2D eigenvalue weighted by molar-refractivity contribution is -0.239. The normalized spacial score (nSPS) is 31.9. The molecule has 0 unspecified atom stereocenters. The van der Waals surface area contributed by atoms with E-state index in [9.17, 15) is 18.0 Å². The summed E-state index contributed by atoms with van der Waals surface area (Å²) in [5, 5.41) is 2.06. The van der Waals surface area contributed by atoms with Crippen molar-refractivity contribution in [1.29, 1.82) is 0 Å². The number of nitrogens with one attached hydrogen (secondary N) is 1. The highest BCUT2D eigenvalue weighted by Crippen LogP contribution is 2.48. The Kier molecular flexibility index (Phi) is 2.17. The van der Waals surface area contributed by atoms with Gasteiger partial charge in [0.2, 0.25) is 0 Å². The fourth-order valence-corrected chi connectivity index (χ4v) is 2.08. The number of ether oxygens (including phenoxy) is 1. The van der Waals surface area contributed by atoms with Gasteiger partial charge in [-0.1, -0.05) is 17.5 Å². The first-order valence-corrected chi connectivity index (χ1v) is 6.10. The van der Waals surface area contributed by atoms with Gasteiger partial charge in [-0.05, 0) is 36.9 Å². The van der Waals surface area contributed by atoms with Crippen LogP contribution in [0.15, 0.2) is 18.2 Å². The first kappa shape index (κ1) is 9.96. The summed E-state index contributed by atoms with van der Waals surface area (Å²) in [6.45, 7) is 0. The second-order valence-corrected chi connectivity index (χ2v) is 4.81. The van der Waals surface area contributed by atoms with Crippen LogP contribution in [0.25, 0.3) is 0 Å². The van der Waals surface area contributed by atoms with Crippen LogP contribution in [0.2, 0.25) is 5.02 Å². The average Bonchev–Trinajstić information content (AvgIpc) is 2.85. The topological polar surface area (TPSA) is 38.3 Å². The lowest BCUT2D eigenvalue weighted by atomic mass is 10.1. The maximum Gasteiger partial charge on any atom is 0.445 e. The van der Waals surface area contributed by atoms with E-state index in [1.807, 2.05) is 5.92 Å². The Morgan fingerprint density at radius 1 is 1.48 bits per heavy atom. The van der Waals surface area contributed by atoms with E-state index in [4.69, 9.17) is 17.1 Å². The molecule has 1 aromatic carbocycles. The third-order valence-electron chi connectivity index (χ3n) is 2.92. The van der Waals surface area contributed by atoms with Crippen molar-refractivity contribution in [3.63, 3.8) is 0 Å². The zero-order valence-corrected chi connectivity index (χ0v) is 10.9. The first-order valence-electron chi connectivity index (χ1n) is 7.72. The number of rotatable bonds is 0. The molecule has 3 nitrogen and oxygen atoms in total. The number of hydrogen-bond acceptors (Lipinski definition) is 2. The molecular weight excluding hydrogens is 313 g/mol. The first-order chi connectivity index (χ1) is 11.3. The molecule has 110 valence electrons. The van der Waals surface area contributed by atoms with Crippen molar-refractivity contribution in [3.8, 4) is 11.8 Å². The van der Waals surface area contributed by atoms with Gasteiger partial charge >= 0.3 is 12.3 Å². The van der Waals surface area contributed by atoms with Crippen molar-refractivity contribution in [2.45, 2.75) is 24.5 Å². The number of halogens is 4. The Balaban J connectivity index is 2.18. The predicted molar refractivity (Wildman–Crippen MR) is 69.8 cm³/mol. The van der Waals surface area contributed by atoms with Crippen LogP contribution in [-0.4, -0.2) is 12.3 Å². The minimum atomic E-state index is -5.16. The maximum absolute atomic E-state index is 13.8. The predicted octanol–water partition coefficient (Wildman–Crippen LogP) is 4.07. The molecule has 21 heavy (non-hydrogen) atoms. The monoisotopic (exact) mass is 325 g/mol. The van der Waals surface area contributed by atoms with Gasteiger partial charge in [-0.15, -0.1) is 0 Å². The molecule has 1 heterocycles. The van der Waals surface area contributed by atoms with Crippen molar-refractivity contribution in [2.24, 2.45) is 5.92 Å². The van der Waals surface area contributed by atoms with E-state index < -0.39 is 42.1 Å². The largest absolute Gasteiger partial charge is 0.445 e. The molecule has 1 N–H and O–H groups in total. The van der Waals surface area contributed by atoms with Crippen LogP contribution in [-0.2, 0) is 10.3 Å². The van der Waals surface area contributed by atoms with E-state index in [0.29, 0.717) is 0 Å². The number of hydrogen-bond donors (Lipinski definition) is 1. The van der Waals surface area contributed by atoms with Crippen LogP contribution in [0.4, 0.5) is 23.7 Å². The Bertz CT molecular complexity index is 820. The summed E-state index contributed by atoms with van der Waals surface area (Å²) in [4.78, 5) is 11.6. The van der Waals surface area contributed by atoms with Gasteiger partial charge in [0.25, 0.3) is 5.60 Å². The number of amides is 1. The minimum Gasteiger partial charge on any atom is -0.415 e. The maximum atomic E-state index is 13.8. The van der Waals surface area contributed by atoms with Crippen molar-refractivity contribution in [3.05, 3.63) is 28.8 Å². The fraction of sp³-hybridized carbons (Fsp3) is 0.357. The zero-order valence-electron chi connectivity index (χ0n) is 14.1. The lowest BCUT2D eigenvalue weighted by Crippen LogP contribution is -2.49. The zero-order chi connectivity index (χ0) is 18.8. The van der Waals surface area contributed by atoms with Crippen LogP contribution < -0.4 is 5.32 Å². The Morgan fingerprint density at radius 2 is 2.19 bits per heavy atom. The number of fused-ring (bicyclic) bond motifs is 1. The van der Waals surface area contributed by atoms with Gasteiger partial charge in [-0.3, -0.25) is 5.32 Å². The molecule has 2 aliphatic rings.